The maximum absolute atomic E-state index is 12.7. The second-order valence-corrected chi connectivity index (χ2v) is 6.40. The molecule has 0 saturated heterocycles. The van der Waals surface area contributed by atoms with Gasteiger partial charge in [0.15, 0.2) is 0 Å². The van der Waals surface area contributed by atoms with E-state index in [0.717, 1.165) is 32.8 Å². The number of carbonyl (C=O) groups is 1. The van der Waals surface area contributed by atoms with Crippen molar-refractivity contribution in [2.75, 3.05) is 7.11 Å². The first-order chi connectivity index (χ1) is 13.2. The molecule has 0 saturated carbocycles. The van der Waals surface area contributed by atoms with Crippen LogP contribution in [-0.4, -0.2) is 18.1 Å². The van der Waals surface area contributed by atoms with Crippen LogP contribution in [0.15, 0.2) is 66.7 Å². The summed E-state index contributed by atoms with van der Waals surface area (Å²) in [7, 11) is 1.57. The lowest BCUT2D eigenvalue weighted by Crippen LogP contribution is -2.07. The fourth-order valence-electron chi connectivity index (χ4n) is 3.27. The average molecular weight is 357 g/mol. The van der Waals surface area contributed by atoms with Gasteiger partial charge in [0.1, 0.15) is 6.61 Å². The minimum Gasteiger partial charge on any atom is -0.481 e. The fourth-order valence-corrected chi connectivity index (χ4v) is 3.27. The van der Waals surface area contributed by atoms with E-state index in [9.17, 15) is 4.79 Å². The Bertz CT molecular complexity index is 1150. The van der Waals surface area contributed by atoms with Crippen molar-refractivity contribution in [3.05, 3.63) is 83.4 Å². The lowest BCUT2D eigenvalue weighted by atomic mass is 10.0. The number of esters is 1. The smallest absolute Gasteiger partial charge is 0.339 e. The summed E-state index contributed by atoms with van der Waals surface area (Å²) in [6.07, 6.45) is 0. The summed E-state index contributed by atoms with van der Waals surface area (Å²) in [5.74, 6) is 0.108. The second kappa shape index (κ2) is 7.08. The van der Waals surface area contributed by atoms with Crippen LogP contribution in [0.3, 0.4) is 0 Å². The summed E-state index contributed by atoms with van der Waals surface area (Å²) in [5.41, 5.74) is 3.27. The van der Waals surface area contributed by atoms with Crippen molar-refractivity contribution >= 4 is 27.6 Å². The van der Waals surface area contributed by atoms with Gasteiger partial charge in [-0.05, 0) is 41.5 Å². The molecular formula is C23H19NO3. The van der Waals surface area contributed by atoms with Gasteiger partial charge in [-0.25, -0.2) is 9.78 Å². The van der Waals surface area contributed by atoms with Crippen LogP contribution in [0.5, 0.6) is 5.88 Å². The Balaban J connectivity index is 1.63. The van der Waals surface area contributed by atoms with E-state index in [1.807, 2.05) is 73.7 Å². The first-order valence-electron chi connectivity index (χ1n) is 8.75. The van der Waals surface area contributed by atoms with Crippen LogP contribution in [0.4, 0.5) is 0 Å². The highest BCUT2D eigenvalue weighted by Crippen LogP contribution is 2.25. The van der Waals surface area contributed by atoms with E-state index < -0.39 is 0 Å². The maximum atomic E-state index is 12.7. The normalized spacial score (nSPS) is 10.9. The number of benzene rings is 3. The standard InChI is InChI=1S/C23H19NO3/c1-15-11-12-20(19-9-5-4-8-18(15)19)23(25)27-14-17-13-16-7-3-6-10-21(16)24-22(17)26-2/h3-13H,14H2,1-2H3. The van der Waals surface area contributed by atoms with Crippen LogP contribution in [-0.2, 0) is 11.3 Å². The summed E-state index contributed by atoms with van der Waals surface area (Å²) < 4.78 is 11.0. The maximum Gasteiger partial charge on any atom is 0.339 e. The van der Waals surface area contributed by atoms with Gasteiger partial charge in [0, 0.05) is 5.39 Å². The summed E-state index contributed by atoms with van der Waals surface area (Å²) in [4.78, 5) is 17.2. The molecule has 3 aromatic carbocycles. The van der Waals surface area contributed by atoms with E-state index in [1.54, 1.807) is 7.11 Å². The molecule has 134 valence electrons. The number of pyridine rings is 1. The Morgan fingerprint density at radius 1 is 0.963 bits per heavy atom. The molecule has 4 nitrogen and oxygen atoms in total. The van der Waals surface area contributed by atoms with Gasteiger partial charge in [0.05, 0.1) is 23.8 Å². The predicted octanol–water partition coefficient (Wildman–Crippen LogP) is 5.06. The van der Waals surface area contributed by atoms with Crippen LogP contribution in [0, 0.1) is 6.92 Å². The van der Waals surface area contributed by atoms with Gasteiger partial charge in [-0.15, -0.1) is 0 Å². The first-order valence-corrected chi connectivity index (χ1v) is 8.75. The molecule has 1 aromatic heterocycles. The minimum absolute atomic E-state index is 0.0993. The van der Waals surface area contributed by atoms with Crippen LogP contribution < -0.4 is 4.74 Å². The first kappa shape index (κ1) is 17.0. The minimum atomic E-state index is -0.360. The lowest BCUT2D eigenvalue weighted by Gasteiger charge is -2.12. The van der Waals surface area contributed by atoms with Gasteiger partial charge < -0.3 is 9.47 Å². The number of methoxy groups -OCH3 is 1. The quantitative estimate of drug-likeness (QED) is 0.479. The molecule has 4 aromatic rings. The third-order valence-electron chi connectivity index (χ3n) is 4.68. The molecule has 0 aliphatic carbocycles. The van der Waals surface area contributed by atoms with Crippen molar-refractivity contribution in [2.24, 2.45) is 0 Å². The van der Waals surface area contributed by atoms with E-state index in [-0.39, 0.29) is 12.6 Å². The number of aromatic nitrogens is 1. The molecule has 0 unspecified atom stereocenters. The SMILES string of the molecule is COc1nc2ccccc2cc1COC(=O)c1ccc(C)c2ccccc12. The van der Waals surface area contributed by atoms with E-state index in [0.29, 0.717) is 11.4 Å². The number of carbonyl (C=O) groups excluding carboxylic acids is 1. The Labute approximate surface area is 157 Å². The third kappa shape index (κ3) is 3.22. The molecule has 0 amide bonds. The summed E-state index contributed by atoms with van der Waals surface area (Å²) in [6, 6.07) is 21.3. The summed E-state index contributed by atoms with van der Waals surface area (Å²) in [6.45, 7) is 2.13. The van der Waals surface area contributed by atoms with Crippen LogP contribution in [0.2, 0.25) is 0 Å². The number of ether oxygens (including phenoxy) is 2. The third-order valence-corrected chi connectivity index (χ3v) is 4.68. The molecule has 4 rings (SSSR count). The second-order valence-electron chi connectivity index (χ2n) is 6.40. The van der Waals surface area contributed by atoms with Crippen LogP contribution in [0.25, 0.3) is 21.7 Å². The molecule has 27 heavy (non-hydrogen) atoms. The molecule has 0 spiro atoms. The highest BCUT2D eigenvalue weighted by Gasteiger charge is 2.15. The van der Waals surface area contributed by atoms with Gasteiger partial charge >= 0.3 is 5.97 Å². The van der Waals surface area contributed by atoms with E-state index >= 15 is 0 Å². The molecular weight excluding hydrogens is 338 g/mol. The fraction of sp³-hybridized carbons (Fsp3) is 0.130. The Kier molecular flexibility index (Phi) is 4.47. The Hall–Kier alpha value is -3.40. The Morgan fingerprint density at radius 3 is 2.52 bits per heavy atom. The monoisotopic (exact) mass is 357 g/mol. The van der Waals surface area contributed by atoms with E-state index in [4.69, 9.17) is 9.47 Å². The van der Waals surface area contributed by atoms with Gasteiger partial charge in [0.25, 0.3) is 0 Å². The zero-order chi connectivity index (χ0) is 18.8. The number of hydrogen-bond donors (Lipinski definition) is 0. The number of nitrogens with zero attached hydrogens (tertiary/aromatic N) is 1. The topological polar surface area (TPSA) is 48.4 Å². The molecule has 1 heterocycles. The van der Waals surface area contributed by atoms with Crippen LogP contribution >= 0.6 is 0 Å². The predicted molar refractivity (Wildman–Crippen MR) is 106 cm³/mol. The highest BCUT2D eigenvalue weighted by molar-refractivity contribution is 6.05. The highest BCUT2D eigenvalue weighted by atomic mass is 16.5. The van der Waals surface area contributed by atoms with E-state index in [2.05, 4.69) is 4.98 Å². The number of rotatable bonds is 4. The molecule has 0 fully saturated rings. The number of aryl methyl sites for hydroxylation is 1. The summed E-state index contributed by atoms with van der Waals surface area (Å²) >= 11 is 0. The molecule has 0 aliphatic rings. The van der Waals surface area contributed by atoms with Crippen molar-refractivity contribution in [3.63, 3.8) is 0 Å². The zero-order valence-electron chi connectivity index (χ0n) is 15.2. The molecule has 4 heteroatoms. The molecule has 0 aliphatic heterocycles. The molecule has 0 N–H and O–H groups in total. The van der Waals surface area contributed by atoms with Crippen molar-refractivity contribution in [1.82, 2.24) is 4.98 Å². The van der Waals surface area contributed by atoms with Gasteiger partial charge in [-0.2, -0.15) is 0 Å². The number of para-hydroxylation sites is 1. The number of hydrogen-bond acceptors (Lipinski definition) is 4. The Morgan fingerprint density at radius 2 is 1.70 bits per heavy atom. The zero-order valence-corrected chi connectivity index (χ0v) is 15.2. The van der Waals surface area contributed by atoms with Crippen molar-refractivity contribution in [3.8, 4) is 5.88 Å². The van der Waals surface area contributed by atoms with Crippen molar-refractivity contribution < 1.29 is 14.3 Å². The van der Waals surface area contributed by atoms with Crippen molar-refractivity contribution in [2.45, 2.75) is 13.5 Å². The van der Waals surface area contributed by atoms with Gasteiger partial charge in [0.2, 0.25) is 5.88 Å². The van der Waals surface area contributed by atoms with Gasteiger partial charge in [-0.1, -0.05) is 48.5 Å². The van der Waals surface area contributed by atoms with Gasteiger partial charge in [-0.3, -0.25) is 0 Å². The number of fused-ring (bicyclic) bond motifs is 2. The molecule has 0 atom stereocenters. The lowest BCUT2D eigenvalue weighted by molar-refractivity contribution is 0.0472. The molecule has 0 bridgehead atoms. The largest absolute Gasteiger partial charge is 0.481 e. The van der Waals surface area contributed by atoms with Crippen LogP contribution in [0.1, 0.15) is 21.5 Å². The van der Waals surface area contributed by atoms with Crippen molar-refractivity contribution in [1.29, 1.82) is 0 Å². The average Bonchev–Trinajstić information content (AvgIpc) is 2.71. The van der Waals surface area contributed by atoms with E-state index in [1.165, 1.54) is 0 Å². The molecule has 0 radical (unpaired) electrons. The summed E-state index contributed by atoms with van der Waals surface area (Å²) in [5, 5.41) is 2.92.